The molecule has 1 saturated carbocycles. The zero-order valence-corrected chi connectivity index (χ0v) is 13.0. The van der Waals surface area contributed by atoms with Crippen LogP contribution < -0.4 is 5.32 Å². The Morgan fingerprint density at radius 3 is 2.74 bits per heavy atom. The van der Waals surface area contributed by atoms with Gasteiger partial charge in [-0.3, -0.25) is 4.21 Å². The number of anilines is 1. The Morgan fingerprint density at radius 2 is 2.05 bits per heavy atom. The van der Waals surface area contributed by atoms with Gasteiger partial charge in [-0.25, -0.2) is 0 Å². The molecular formula is C16H25NOS. The molecule has 1 aliphatic carbocycles. The second-order valence-corrected chi connectivity index (χ2v) is 7.46. The molecule has 2 rings (SSSR count). The predicted octanol–water partition coefficient (Wildman–Crippen LogP) is 3.80. The molecule has 1 fully saturated rings. The average molecular weight is 279 g/mol. The number of nitrogens with one attached hydrogen (secondary N) is 1. The molecule has 1 aliphatic rings. The van der Waals surface area contributed by atoms with Crippen LogP contribution in [0.1, 0.15) is 38.7 Å². The molecule has 0 amide bonds. The summed E-state index contributed by atoms with van der Waals surface area (Å²) in [6, 6.07) is 8.96. The molecule has 0 radical (unpaired) electrons. The monoisotopic (exact) mass is 279 g/mol. The van der Waals surface area contributed by atoms with Crippen molar-refractivity contribution in [3.05, 3.63) is 29.8 Å². The van der Waals surface area contributed by atoms with Gasteiger partial charge in [0.1, 0.15) is 0 Å². The van der Waals surface area contributed by atoms with Crippen LogP contribution in [0.15, 0.2) is 24.3 Å². The molecule has 0 saturated heterocycles. The summed E-state index contributed by atoms with van der Waals surface area (Å²) in [5, 5.41) is 3.65. The second-order valence-electron chi connectivity index (χ2n) is 6.03. The van der Waals surface area contributed by atoms with Crippen molar-refractivity contribution < 1.29 is 4.21 Å². The second kappa shape index (κ2) is 6.56. The van der Waals surface area contributed by atoms with Crippen LogP contribution in [-0.4, -0.2) is 16.5 Å². The summed E-state index contributed by atoms with van der Waals surface area (Å²) in [7, 11) is -0.770. The standard InChI is InChI=1S/C16H25NOS/c1-12-7-8-16(9-13(12)2)17-15-6-4-5-14(10-15)11-19(3)18/h4-6,10,12-13,16-17H,7-9,11H2,1-3H3/t12-,13+,16+,19+/m1/s1. The summed E-state index contributed by atoms with van der Waals surface area (Å²) in [4.78, 5) is 0. The molecule has 3 heteroatoms. The predicted molar refractivity (Wildman–Crippen MR) is 83.8 cm³/mol. The zero-order valence-electron chi connectivity index (χ0n) is 12.2. The Kier molecular flexibility index (Phi) is 5.03. The normalized spacial score (nSPS) is 28.9. The Balaban J connectivity index is 1.97. The van der Waals surface area contributed by atoms with E-state index in [2.05, 4.69) is 43.4 Å². The van der Waals surface area contributed by atoms with Crippen molar-refractivity contribution in [1.82, 2.24) is 0 Å². The van der Waals surface area contributed by atoms with E-state index in [9.17, 15) is 4.21 Å². The summed E-state index contributed by atoms with van der Waals surface area (Å²) >= 11 is 0. The fraction of sp³-hybridized carbons (Fsp3) is 0.625. The minimum atomic E-state index is -0.770. The van der Waals surface area contributed by atoms with Crippen molar-refractivity contribution in [1.29, 1.82) is 0 Å². The highest BCUT2D eigenvalue weighted by molar-refractivity contribution is 7.83. The van der Waals surface area contributed by atoms with E-state index in [1.54, 1.807) is 6.26 Å². The maximum Gasteiger partial charge on any atom is 0.0483 e. The Bertz CT molecular complexity index is 446. The third-order valence-corrected chi connectivity index (χ3v) is 5.01. The number of benzene rings is 1. The zero-order chi connectivity index (χ0) is 13.8. The highest BCUT2D eigenvalue weighted by atomic mass is 32.2. The average Bonchev–Trinajstić information content (AvgIpc) is 2.33. The molecule has 1 aromatic rings. The van der Waals surface area contributed by atoms with Crippen LogP contribution in [0.2, 0.25) is 0 Å². The van der Waals surface area contributed by atoms with Gasteiger partial charge in [-0.1, -0.05) is 26.0 Å². The molecule has 19 heavy (non-hydrogen) atoms. The van der Waals surface area contributed by atoms with Crippen molar-refractivity contribution in [2.24, 2.45) is 11.8 Å². The van der Waals surface area contributed by atoms with E-state index in [0.29, 0.717) is 11.8 Å². The van der Waals surface area contributed by atoms with E-state index in [1.165, 1.54) is 24.9 Å². The van der Waals surface area contributed by atoms with Gasteiger partial charge in [0.05, 0.1) is 0 Å². The molecule has 0 aromatic heterocycles. The lowest BCUT2D eigenvalue weighted by atomic mass is 9.79. The minimum Gasteiger partial charge on any atom is -0.382 e. The molecule has 0 heterocycles. The van der Waals surface area contributed by atoms with Crippen molar-refractivity contribution in [3.63, 3.8) is 0 Å². The third-order valence-electron chi connectivity index (χ3n) is 4.27. The first kappa shape index (κ1) is 14.6. The smallest absolute Gasteiger partial charge is 0.0483 e. The molecule has 0 aliphatic heterocycles. The fourth-order valence-electron chi connectivity index (χ4n) is 2.90. The van der Waals surface area contributed by atoms with Crippen molar-refractivity contribution in [2.75, 3.05) is 11.6 Å². The molecule has 0 unspecified atom stereocenters. The van der Waals surface area contributed by atoms with Gasteiger partial charge >= 0.3 is 0 Å². The Labute approximate surface area is 119 Å². The van der Waals surface area contributed by atoms with Gasteiger partial charge in [0.2, 0.25) is 0 Å². The van der Waals surface area contributed by atoms with Gasteiger partial charge in [-0.15, -0.1) is 0 Å². The van der Waals surface area contributed by atoms with E-state index in [0.717, 1.165) is 17.4 Å². The van der Waals surface area contributed by atoms with Crippen molar-refractivity contribution in [3.8, 4) is 0 Å². The van der Waals surface area contributed by atoms with Crippen molar-refractivity contribution in [2.45, 2.75) is 44.9 Å². The number of rotatable bonds is 4. The van der Waals surface area contributed by atoms with Gasteiger partial charge in [-0.2, -0.15) is 0 Å². The topological polar surface area (TPSA) is 29.1 Å². The molecular weight excluding hydrogens is 254 g/mol. The lowest BCUT2D eigenvalue weighted by Crippen LogP contribution is -2.30. The Hall–Kier alpha value is -0.830. The summed E-state index contributed by atoms with van der Waals surface area (Å²) in [6.45, 7) is 4.72. The van der Waals surface area contributed by atoms with Gasteiger partial charge in [0, 0.05) is 34.5 Å². The number of hydrogen-bond acceptors (Lipinski definition) is 2. The van der Waals surface area contributed by atoms with E-state index < -0.39 is 10.8 Å². The molecule has 0 spiro atoms. The van der Waals surface area contributed by atoms with E-state index in [-0.39, 0.29) is 0 Å². The van der Waals surface area contributed by atoms with Crippen LogP contribution in [0, 0.1) is 11.8 Å². The first-order chi connectivity index (χ1) is 9.04. The molecule has 0 bridgehead atoms. The SMILES string of the molecule is C[C@@H]1CC[C@H](Nc2cccc(C[S@](C)=O)c2)C[C@@H]1C. The summed E-state index contributed by atoms with van der Waals surface area (Å²) < 4.78 is 11.3. The largest absolute Gasteiger partial charge is 0.382 e. The van der Waals surface area contributed by atoms with Crippen LogP contribution in [0.5, 0.6) is 0 Å². The molecule has 2 nitrogen and oxygen atoms in total. The summed E-state index contributed by atoms with van der Waals surface area (Å²) in [5.41, 5.74) is 2.33. The molecule has 4 atom stereocenters. The molecule has 106 valence electrons. The van der Waals surface area contributed by atoms with Crippen LogP contribution in [0.4, 0.5) is 5.69 Å². The minimum absolute atomic E-state index is 0.591. The molecule has 1 N–H and O–H groups in total. The third kappa shape index (κ3) is 4.34. The van der Waals surface area contributed by atoms with Gasteiger partial charge in [0.15, 0.2) is 0 Å². The van der Waals surface area contributed by atoms with Gasteiger partial charge in [0.25, 0.3) is 0 Å². The lowest BCUT2D eigenvalue weighted by Gasteiger charge is -2.33. The lowest BCUT2D eigenvalue weighted by molar-refractivity contribution is 0.261. The van der Waals surface area contributed by atoms with Crippen molar-refractivity contribution >= 4 is 16.5 Å². The van der Waals surface area contributed by atoms with Crippen LogP contribution in [-0.2, 0) is 16.6 Å². The van der Waals surface area contributed by atoms with Crippen LogP contribution >= 0.6 is 0 Å². The quantitative estimate of drug-likeness (QED) is 0.908. The summed E-state index contributed by atoms with van der Waals surface area (Å²) in [6.07, 6.45) is 5.59. The van der Waals surface area contributed by atoms with Gasteiger partial charge in [-0.05, 0) is 48.8 Å². The van der Waals surface area contributed by atoms with Crippen LogP contribution in [0.3, 0.4) is 0 Å². The highest BCUT2D eigenvalue weighted by Crippen LogP contribution is 2.31. The van der Waals surface area contributed by atoms with E-state index >= 15 is 0 Å². The van der Waals surface area contributed by atoms with Gasteiger partial charge < -0.3 is 5.32 Å². The van der Waals surface area contributed by atoms with E-state index in [4.69, 9.17) is 0 Å². The first-order valence-electron chi connectivity index (χ1n) is 7.20. The van der Waals surface area contributed by atoms with E-state index in [1.807, 2.05) is 0 Å². The highest BCUT2D eigenvalue weighted by Gasteiger charge is 2.24. The fourth-order valence-corrected chi connectivity index (χ4v) is 3.55. The molecule has 1 aromatic carbocycles. The number of hydrogen-bond donors (Lipinski definition) is 1. The maximum atomic E-state index is 11.3. The Morgan fingerprint density at radius 1 is 1.26 bits per heavy atom. The summed E-state index contributed by atoms with van der Waals surface area (Å²) in [5.74, 6) is 2.30. The first-order valence-corrected chi connectivity index (χ1v) is 8.93. The maximum absolute atomic E-state index is 11.3. The van der Waals surface area contributed by atoms with Crippen LogP contribution in [0.25, 0.3) is 0 Å².